The lowest BCUT2D eigenvalue weighted by molar-refractivity contribution is -0.185. The second-order valence-electron chi connectivity index (χ2n) is 6.63. The van der Waals surface area contributed by atoms with Crippen LogP contribution in [0.4, 0.5) is 0 Å². The minimum absolute atomic E-state index is 0.166. The summed E-state index contributed by atoms with van der Waals surface area (Å²) in [4.78, 5) is 14.8. The normalized spacial score (nSPS) is 42.3. The molecule has 2 heterocycles. The minimum Gasteiger partial charge on any atom is -0.377 e. The van der Waals surface area contributed by atoms with Crippen molar-refractivity contribution in [2.75, 3.05) is 19.7 Å². The van der Waals surface area contributed by atoms with Gasteiger partial charge in [0.05, 0.1) is 6.10 Å². The average molecular weight is 252 g/mol. The molecule has 0 aromatic rings. The number of nitrogens with zero attached hydrogens (tertiary/aromatic N) is 1. The van der Waals surface area contributed by atoms with Gasteiger partial charge in [-0.2, -0.15) is 0 Å². The number of likely N-dealkylation sites (tertiary alicyclic amines) is 1. The van der Waals surface area contributed by atoms with E-state index in [1.54, 1.807) is 0 Å². The molecule has 3 unspecified atom stereocenters. The van der Waals surface area contributed by atoms with Gasteiger partial charge in [0, 0.05) is 31.0 Å². The molecule has 102 valence electrons. The van der Waals surface area contributed by atoms with Gasteiger partial charge in [0.25, 0.3) is 0 Å². The molecule has 0 aromatic heterocycles. The second kappa shape index (κ2) is 3.94. The Morgan fingerprint density at radius 2 is 1.94 bits per heavy atom. The van der Waals surface area contributed by atoms with Gasteiger partial charge in [-0.1, -0.05) is 13.8 Å². The highest BCUT2D eigenvalue weighted by atomic mass is 16.5. The summed E-state index contributed by atoms with van der Waals surface area (Å²) in [6.45, 7) is 6.69. The highest BCUT2D eigenvalue weighted by Crippen LogP contribution is 2.58. The third-order valence-electron chi connectivity index (χ3n) is 5.45. The maximum Gasteiger partial charge on any atom is 0.243 e. The molecule has 1 amide bonds. The number of fused-ring (bicyclic) bond motifs is 1. The van der Waals surface area contributed by atoms with Crippen LogP contribution in [0.25, 0.3) is 0 Å². The van der Waals surface area contributed by atoms with Crippen molar-refractivity contribution in [3.8, 4) is 0 Å². The fourth-order valence-electron chi connectivity index (χ4n) is 4.18. The zero-order valence-corrected chi connectivity index (χ0v) is 11.4. The molecule has 18 heavy (non-hydrogen) atoms. The van der Waals surface area contributed by atoms with Gasteiger partial charge >= 0.3 is 0 Å². The monoisotopic (exact) mass is 252 g/mol. The van der Waals surface area contributed by atoms with Crippen molar-refractivity contribution in [2.45, 2.75) is 51.2 Å². The lowest BCUT2D eigenvalue weighted by atomic mass is 9.47. The van der Waals surface area contributed by atoms with E-state index in [2.05, 4.69) is 13.8 Å². The molecule has 0 radical (unpaired) electrons. The van der Waals surface area contributed by atoms with Gasteiger partial charge in [0.2, 0.25) is 5.91 Å². The molecule has 0 bridgehead atoms. The van der Waals surface area contributed by atoms with E-state index in [0.29, 0.717) is 0 Å². The summed E-state index contributed by atoms with van der Waals surface area (Å²) in [5.41, 5.74) is 5.63. The SMILES string of the molecule is CC1(C)C2OCCC2C1(N)C(=O)N1CCCCC1. The summed E-state index contributed by atoms with van der Waals surface area (Å²) in [7, 11) is 0. The zero-order valence-electron chi connectivity index (χ0n) is 11.4. The van der Waals surface area contributed by atoms with E-state index in [1.165, 1.54) is 6.42 Å². The lowest BCUT2D eigenvalue weighted by Gasteiger charge is -2.61. The molecule has 2 saturated heterocycles. The summed E-state index contributed by atoms with van der Waals surface area (Å²) < 4.78 is 5.75. The molecule has 3 atom stereocenters. The first-order chi connectivity index (χ1) is 8.49. The number of rotatable bonds is 1. The maximum atomic E-state index is 12.8. The van der Waals surface area contributed by atoms with E-state index in [1.807, 2.05) is 4.90 Å². The van der Waals surface area contributed by atoms with Gasteiger partial charge in [0.15, 0.2) is 0 Å². The van der Waals surface area contributed by atoms with Gasteiger partial charge in [-0.25, -0.2) is 0 Å². The molecule has 3 rings (SSSR count). The number of nitrogens with two attached hydrogens (primary N) is 1. The Kier molecular flexibility index (Phi) is 2.72. The minimum atomic E-state index is -0.703. The van der Waals surface area contributed by atoms with E-state index >= 15 is 0 Å². The van der Waals surface area contributed by atoms with Crippen LogP contribution in [0.2, 0.25) is 0 Å². The van der Waals surface area contributed by atoms with Crippen LogP contribution in [0.5, 0.6) is 0 Å². The van der Waals surface area contributed by atoms with Crippen LogP contribution in [0.1, 0.15) is 39.5 Å². The van der Waals surface area contributed by atoms with E-state index in [9.17, 15) is 4.79 Å². The van der Waals surface area contributed by atoms with Crippen molar-refractivity contribution >= 4 is 5.91 Å². The van der Waals surface area contributed by atoms with Crippen molar-refractivity contribution in [1.82, 2.24) is 4.90 Å². The molecule has 3 aliphatic rings. The number of carbonyl (C=O) groups is 1. The van der Waals surface area contributed by atoms with Crippen molar-refractivity contribution in [1.29, 1.82) is 0 Å². The summed E-state index contributed by atoms with van der Waals surface area (Å²) in [5, 5.41) is 0. The molecule has 4 heteroatoms. The third-order valence-corrected chi connectivity index (χ3v) is 5.45. The van der Waals surface area contributed by atoms with Crippen molar-refractivity contribution < 1.29 is 9.53 Å². The van der Waals surface area contributed by atoms with Crippen LogP contribution in [-0.4, -0.2) is 42.1 Å². The fourth-order valence-corrected chi connectivity index (χ4v) is 4.18. The first kappa shape index (κ1) is 12.4. The maximum absolute atomic E-state index is 12.8. The van der Waals surface area contributed by atoms with Crippen molar-refractivity contribution in [2.24, 2.45) is 17.1 Å². The average Bonchev–Trinajstić information content (AvgIpc) is 2.86. The molecule has 1 aliphatic carbocycles. The Balaban J connectivity index is 1.83. The Morgan fingerprint density at radius 3 is 2.61 bits per heavy atom. The second-order valence-corrected chi connectivity index (χ2v) is 6.63. The summed E-state index contributed by atoms with van der Waals surface area (Å²) in [5.74, 6) is 0.390. The molecule has 1 saturated carbocycles. The standard InChI is InChI=1S/C14H24N2O2/c1-13(2)11-10(6-9-18-11)14(13,15)12(17)16-7-4-3-5-8-16/h10-11H,3-9,15H2,1-2H3. The van der Waals surface area contributed by atoms with Gasteiger partial charge in [-0.15, -0.1) is 0 Å². The van der Waals surface area contributed by atoms with Gasteiger partial charge in [-0.05, 0) is 25.7 Å². The predicted octanol–water partition coefficient (Wildman–Crippen LogP) is 1.14. The number of hydrogen-bond donors (Lipinski definition) is 1. The highest BCUT2D eigenvalue weighted by molar-refractivity contribution is 5.89. The first-order valence-corrected chi connectivity index (χ1v) is 7.19. The van der Waals surface area contributed by atoms with E-state index < -0.39 is 5.54 Å². The number of carbonyl (C=O) groups excluding carboxylic acids is 1. The van der Waals surface area contributed by atoms with E-state index in [-0.39, 0.29) is 23.3 Å². The molecule has 2 N–H and O–H groups in total. The quantitative estimate of drug-likeness (QED) is 0.761. The molecule has 0 aromatic carbocycles. The van der Waals surface area contributed by atoms with Crippen LogP contribution in [0.3, 0.4) is 0 Å². The summed E-state index contributed by atoms with van der Waals surface area (Å²) in [6.07, 6.45) is 4.58. The Bertz CT molecular complexity index is 363. The Morgan fingerprint density at radius 1 is 1.28 bits per heavy atom. The lowest BCUT2D eigenvalue weighted by Crippen LogP contribution is -2.80. The number of amides is 1. The van der Waals surface area contributed by atoms with Crippen LogP contribution < -0.4 is 5.73 Å². The third kappa shape index (κ3) is 1.36. The van der Waals surface area contributed by atoms with Gasteiger partial charge in [0.1, 0.15) is 5.54 Å². The highest BCUT2D eigenvalue weighted by Gasteiger charge is 2.71. The molecule has 3 fully saturated rings. The van der Waals surface area contributed by atoms with E-state index in [4.69, 9.17) is 10.5 Å². The first-order valence-electron chi connectivity index (χ1n) is 7.19. The van der Waals surface area contributed by atoms with Gasteiger partial charge in [-0.3, -0.25) is 4.79 Å². The van der Waals surface area contributed by atoms with E-state index in [0.717, 1.165) is 39.0 Å². The number of ether oxygens (including phenoxy) is 1. The number of hydrogen-bond acceptors (Lipinski definition) is 3. The molecule has 0 spiro atoms. The van der Waals surface area contributed by atoms with Crippen LogP contribution in [0.15, 0.2) is 0 Å². The van der Waals surface area contributed by atoms with Crippen molar-refractivity contribution in [3.05, 3.63) is 0 Å². The largest absolute Gasteiger partial charge is 0.377 e. The predicted molar refractivity (Wildman–Crippen MR) is 69.0 cm³/mol. The smallest absolute Gasteiger partial charge is 0.243 e. The molecular formula is C14H24N2O2. The van der Waals surface area contributed by atoms with Crippen LogP contribution in [-0.2, 0) is 9.53 Å². The van der Waals surface area contributed by atoms with Gasteiger partial charge < -0.3 is 15.4 Å². The summed E-state index contributed by atoms with van der Waals surface area (Å²) in [6, 6.07) is 0. The fraction of sp³-hybridized carbons (Fsp3) is 0.929. The molecular weight excluding hydrogens is 228 g/mol. The van der Waals surface area contributed by atoms with Crippen LogP contribution >= 0.6 is 0 Å². The topological polar surface area (TPSA) is 55.6 Å². The Hall–Kier alpha value is -0.610. The molecule has 2 aliphatic heterocycles. The summed E-state index contributed by atoms with van der Waals surface area (Å²) >= 11 is 0. The van der Waals surface area contributed by atoms with Crippen molar-refractivity contribution in [3.63, 3.8) is 0 Å². The number of piperidine rings is 1. The van der Waals surface area contributed by atoms with Crippen LogP contribution in [0, 0.1) is 11.3 Å². The molecule has 4 nitrogen and oxygen atoms in total. The zero-order chi connectivity index (χ0) is 13.0. The Labute approximate surface area is 109 Å².